The van der Waals surface area contributed by atoms with Crippen molar-refractivity contribution < 1.29 is 23.0 Å². The number of carbonyl (C=O) groups is 1. The first-order valence-electron chi connectivity index (χ1n) is 9.84. The highest BCUT2D eigenvalue weighted by Crippen LogP contribution is 2.51. The van der Waals surface area contributed by atoms with Crippen molar-refractivity contribution in [2.45, 2.75) is 30.1 Å². The van der Waals surface area contributed by atoms with Crippen LogP contribution in [0.3, 0.4) is 0 Å². The number of fused-ring (bicyclic) bond motifs is 1. The second kappa shape index (κ2) is 7.47. The first-order chi connectivity index (χ1) is 15.0. The Hall–Kier alpha value is -3.23. The summed E-state index contributed by atoms with van der Waals surface area (Å²) in [6.07, 6.45) is 3.17. The molecule has 1 aliphatic carbocycles. The molecule has 2 heterocycles. The van der Waals surface area contributed by atoms with Gasteiger partial charge in [-0.2, -0.15) is 0 Å². The summed E-state index contributed by atoms with van der Waals surface area (Å²) < 4.78 is 33.3. The van der Waals surface area contributed by atoms with Gasteiger partial charge in [-0.25, -0.2) is 4.98 Å². The average Bonchev–Trinajstić information content (AvgIpc) is 3.45. The Morgan fingerprint density at radius 1 is 1.13 bits per heavy atom. The number of hydrogen-bond donors (Lipinski definition) is 1. The molecular weight excluding hydrogens is 416 g/mol. The van der Waals surface area contributed by atoms with Gasteiger partial charge in [-0.15, -0.1) is 0 Å². The number of aryl methyl sites for hydroxylation is 1. The quantitative estimate of drug-likeness (QED) is 0.614. The fraction of sp³-hybridized carbons (Fsp3) is 0.217. The van der Waals surface area contributed by atoms with Gasteiger partial charge in [-0.1, -0.05) is 18.2 Å². The number of rotatable bonds is 5. The van der Waals surface area contributed by atoms with Crippen LogP contribution in [0.2, 0.25) is 0 Å². The van der Waals surface area contributed by atoms with E-state index in [0.29, 0.717) is 17.3 Å². The van der Waals surface area contributed by atoms with E-state index in [1.54, 1.807) is 24.4 Å². The van der Waals surface area contributed by atoms with Crippen LogP contribution in [0.15, 0.2) is 59.6 Å². The molecule has 1 saturated carbocycles. The SMILES string of the molecule is Cc1cc(NC(=O)C2(c3ccc4c(c3)OCO4)CC2)ncc1-c1cccc(S(=O)[O-])c1. The van der Waals surface area contributed by atoms with Crippen molar-refractivity contribution in [3.05, 3.63) is 65.9 Å². The van der Waals surface area contributed by atoms with Crippen molar-refractivity contribution in [1.29, 1.82) is 0 Å². The molecule has 0 saturated heterocycles. The van der Waals surface area contributed by atoms with E-state index in [9.17, 15) is 13.6 Å². The Labute approximate surface area is 181 Å². The third-order valence-corrected chi connectivity index (χ3v) is 6.44. The Morgan fingerprint density at radius 2 is 1.94 bits per heavy atom. The average molecular weight is 435 g/mol. The maximum atomic E-state index is 13.1. The fourth-order valence-electron chi connectivity index (χ4n) is 3.90. The third kappa shape index (κ3) is 3.58. The minimum atomic E-state index is -2.30. The summed E-state index contributed by atoms with van der Waals surface area (Å²) in [4.78, 5) is 17.7. The molecule has 31 heavy (non-hydrogen) atoms. The lowest BCUT2D eigenvalue weighted by Gasteiger charge is -2.17. The van der Waals surface area contributed by atoms with E-state index in [-0.39, 0.29) is 17.6 Å². The molecule has 5 rings (SSSR count). The van der Waals surface area contributed by atoms with E-state index in [1.165, 1.54) is 6.07 Å². The van der Waals surface area contributed by atoms with E-state index >= 15 is 0 Å². The molecule has 158 valence electrons. The van der Waals surface area contributed by atoms with Crippen molar-refractivity contribution in [1.82, 2.24) is 4.98 Å². The number of benzene rings is 2. The minimum absolute atomic E-state index is 0.102. The summed E-state index contributed by atoms with van der Waals surface area (Å²) in [7, 11) is 0. The zero-order chi connectivity index (χ0) is 21.6. The van der Waals surface area contributed by atoms with E-state index in [2.05, 4.69) is 10.3 Å². The molecule has 8 heteroatoms. The lowest BCUT2D eigenvalue weighted by molar-refractivity contribution is -0.118. The van der Waals surface area contributed by atoms with Gasteiger partial charge in [0.2, 0.25) is 12.7 Å². The third-order valence-electron chi connectivity index (χ3n) is 5.80. The second-order valence-corrected chi connectivity index (χ2v) is 8.69. The molecule has 0 spiro atoms. The highest BCUT2D eigenvalue weighted by atomic mass is 32.2. The predicted octanol–water partition coefficient (Wildman–Crippen LogP) is 3.69. The summed E-state index contributed by atoms with van der Waals surface area (Å²) in [5.41, 5.74) is 2.77. The number of hydrogen-bond acceptors (Lipinski definition) is 6. The highest BCUT2D eigenvalue weighted by molar-refractivity contribution is 7.79. The maximum absolute atomic E-state index is 13.1. The van der Waals surface area contributed by atoms with Crippen molar-refractivity contribution in [3.63, 3.8) is 0 Å². The normalized spacial score (nSPS) is 16.6. The van der Waals surface area contributed by atoms with Gasteiger partial charge >= 0.3 is 0 Å². The van der Waals surface area contributed by atoms with Crippen LogP contribution in [0.5, 0.6) is 11.5 Å². The number of anilines is 1. The molecule has 2 aromatic carbocycles. The molecule has 1 fully saturated rings. The molecule has 1 atom stereocenters. The molecule has 1 amide bonds. The highest BCUT2D eigenvalue weighted by Gasteiger charge is 2.51. The minimum Gasteiger partial charge on any atom is -0.768 e. The van der Waals surface area contributed by atoms with Crippen molar-refractivity contribution >= 4 is 22.8 Å². The van der Waals surface area contributed by atoms with E-state index in [1.807, 2.05) is 31.2 Å². The molecule has 0 bridgehead atoms. The Kier molecular flexibility index (Phi) is 4.75. The van der Waals surface area contributed by atoms with Gasteiger partial charge in [-0.05, 0) is 77.9 Å². The molecule has 0 radical (unpaired) electrons. The van der Waals surface area contributed by atoms with Gasteiger partial charge in [0.15, 0.2) is 11.5 Å². The van der Waals surface area contributed by atoms with Crippen LogP contribution in [-0.4, -0.2) is 26.4 Å². The number of ether oxygens (including phenoxy) is 2. The molecule has 1 aliphatic heterocycles. The number of carbonyl (C=O) groups excluding carboxylic acids is 1. The molecular formula is C23H19N2O5S-. The van der Waals surface area contributed by atoms with Crippen molar-refractivity contribution in [2.24, 2.45) is 0 Å². The van der Waals surface area contributed by atoms with Gasteiger partial charge in [0, 0.05) is 16.7 Å². The summed E-state index contributed by atoms with van der Waals surface area (Å²) in [5, 5.41) is 2.94. The van der Waals surface area contributed by atoms with Crippen LogP contribution in [-0.2, 0) is 21.3 Å². The topological polar surface area (TPSA) is 101 Å². The van der Waals surface area contributed by atoms with Gasteiger partial charge in [0.05, 0.1) is 5.41 Å². The number of amides is 1. The first-order valence-corrected chi connectivity index (χ1v) is 10.9. The molecule has 7 nitrogen and oxygen atoms in total. The largest absolute Gasteiger partial charge is 0.768 e. The monoisotopic (exact) mass is 435 g/mol. The standard InChI is InChI=1S/C23H20N2O5S/c1-14-9-21(24-12-18(14)15-3-2-4-17(10-15)31(27)28)25-22(26)23(7-8-23)16-5-6-19-20(11-16)30-13-29-19/h2-6,9-12H,7-8,13H2,1H3,(H,27,28)(H,24,25,26)/p-1. The number of aromatic nitrogens is 1. The summed E-state index contributed by atoms with van der Waals surface area (Å²) >= 11 is -2.30. The van der Waals surface area contributed by atoms with Gasteiger partial charge in [-0.3, -0.25) is 9.00 Å². The lowest BCUT2D eigenvalue weighted by atomic mass is 9.94. The summed E-state index contributed by atoms with van der Waals surface area (Å²) in [6.45, 7) is 2.10. The lowest BCUT2D eigenvalue weighted by Crippen LogP contribution is -2.28. The Balaban J connectivity index is 1.37. The van der Waals surface area contributed by atoms with Crippen molar-refractivity contribution in [3.8, 4) is 22.6 Å². The van der Waals surface area contributed by atoms with Gasteiger partial charge in [0.1, 0.15) is 5.82 Å². The van der Waals surface area contributed by atoms with Crippen LogP contribution < -0.4 is 14.8 Å². The smallest absolute Gasteiger partial charge is 0.236 e. The number of nitrogens with zero attached hydrogens (tertiary/aromatic N) is 1. The van der Waals surface area contributed by atoms with Crippen molar-refractivity contribution in [2.75, 3.05) is 12.1 Å². The summed E-state index contributed by atoms with van der Waals surface area (Å²) in [5.74, 6) is 1.71. The number of nitrogens with one attached hydrogen (secondary N) is 1. The van der Waals surface area contributed by atoms with Crippen LogP contribution in [0, 0.1) is 6.92 Å². The zero-order valence-electron chi connectivity index (χ0n) is 16.7. The van der Waals surface area contributed by atoms with Gasteiger partial charge in [0.25, 0.3) is 0 Å². The van der Waals surface area contributed by atoms with E-state index < -0.39 is 16.5 Å². The second-order valence-electron chi connectivity index (χ2n) is 7.75. The predicted molar refractivity (Wildman–Crippen MR) is 114 cm³/mol. The summed E-state index contributed by atoms with van der Waals surface area (Å²) in [6, 6.07) is 14.1. The van der Waals surface area contributed by atoms with Gasteiger partial charge < -0.3 is 19.3 Å². The van der Waals surface area contributed by atoms with E-state index in [0.717, 1.165) is 35.1 Å². The molecule has 1 unspecified atom stereocenters. The number of pyridine rings is 1. The Morgan fingerprint density at radius 3 is 2.68 bits per heavy atom. The van der Waals surface area contributed by atoms with Crippen LogP contribution in [0.4, 0.5) is 5.82 Å². The molecule has 3 aromatic rings. The maximum Gasteiger partial charge on any atom is 0.236 e. The molecule has 1 N–H and O–H groups in total. The van der Waals surface area contributed by atoms with E-state index in [4.69, 9.17) is 9.47 Å². The van der Waals surface area contributed by atoms with Crippen LogP contribution in [0.1, 0.15) is 24.0 Å². The van der Waals surface area contributed by atoms with Crippen LogP contribution in [0.25, 0.3) is 11.1 Å². The van der Waals surface area contributed by atoms with Crippen LogP contribution >= 0.6 is 0 Å². The fourth-order valence-corrected chi connectivity index (χ4v) is 4.31. The Bertz CT molecular complexity index is 1220. The molecule has 2 aliphatic rings. The zero-order valence-corrected chi connectivity index (χ0v) is 17.5. The molecule has 1 aromatic heterocycles. The first kappa shape index (κ1) is 19.7.